The van der Waals surface area contributed by atoms with Crippen molar-refractivity contribution in [1.82, 2.24) is 29.9 Å². The minimum atomic E-state index is -0.665. The molecular formula is C20H17ClN8O2. The van der Waals surface area contributed by atoms with Crippen molar-refractivity contribution in [3.8, 4) is 5.69 Å². The molecule has 2 aromatic heterocycles. The number of benzene rings is 2. The number of esters is 1. The van der Waals surface area contributed by atoms with Gasteiger partial charge in [0.15, 0.2) is 18.1 Å². The molecule has 0 atom stereocenters. The number of hydrogen-bond donors (Lipinski definition) is 2. The van der Waals surface area contributed by atoms with Gasteiger partial charge in [-0.05, 0) is 37.3 Å². The zero-order chi connectivity index (χ0) is 21.8. The van der Waals surface area contributed by atoms with Crippen molar-refractivity contribution in [3.63, 3.8) is 0 Å². The summed E-state index contributed by atoms with van der Waals surface area (Å²) in [5, 5.41) is 11.5. The minimum Gasteiger partial charge on any atom is -0.453 e. The maximum atomic E-state index is 12.5. The number of halogens is 1. The Bertz CT molecular complexity index is 1230. The first-order chi connectivity index (χ1) is 15.0. The lowest BCUT2D eigenvalue weighted by molar-refractivity contribution is 0.0454. The summed E-state index contributed by atoms with van der Waals surface area (Å²) in [6, 6.07) is 16.4. The molecule has 2 heterocycles. The van der Waals surface area contributed by atoms with E-state index in [0.29, 0.717) is 16.4 Å². The van der Waals surface area contributed by atoms with Crippen molar-refractivity contribution in [2.45, 2.75) is 13.5 Å². The summed E-state index contributed by atoms with van der Waals surface area (Å²) in [4.78, 5) is 24.8. The number of nitrogens with zero attached hydrogens (tertiary/aromatic N) is 6. The third kappa shape index (κ3) is 4.75. The van der Waals surface area contributed by atoms with Gasteiger partial charge in [-0.15, -0.1) is 5.10 Å². The fourth-order valence-electron chi connectivity index (χ4n) is 2.78. The highest BCUT2D eigenvalue weighted by atomic mass is 35.5. The first kappa shape index (κ1) is 20.2. The molecule has 2 aromatic carbocycles. The molecule has 156 valence electrons. The molecule has 0 saturated heterocycles. The van der Waals surface area contributed by atoms with E-state index in [0.717, 1.165) is 5.69 Å². The number of aromatic nitrogens is 6. The van der Waals surface area contributed by atoms with Crippen molar-refractivity contribution >= 4 is 35.2 Å². The van der Waals surface area contributed by atoms with Gasteiger partial charge in [0.05, 0.1) is 11.4 Å². The van der Waals surface area contributed by atoms with Gasteiger partial charge in [-0.3, -0.25) is 0 Å². The van der Waals surface area contributed by atoms with Gasteiger partial charge in [-0.2, -0.15) is 15.0 Å². The lowest BCUT2D eigenvalue weighted by Gasteiger charge is -2.08. The van der Waals surface area contributed by atoms with Crippen LogP contribution in [0.2, 0.25) is 5.02 Å². The van der Waals surface area contributed by atoms with Gasteiger partial charge in [0.1, 0.15) is 0 Å². The summed E-state index contributed by atoms with van der Waals surface area (Å²) in [6.07, 6.45) is 0. The molecular weight excluding hydrogens is 420 g/mol. The summed E-state index contributed by atoms with van der Waals surface area (Å²) < 4.78 is 6.82. The van der Waals surface area contributed by atoms with Gasteiger partial charge in [0, 0.05) is 10.7 Å². The molecule has 0 bridgehead atoms. The Morgan fingerprint density at radius 1 is 1.13 bits per heavy atom. The maximum absolute atomic E-state index is 12.5. The predicted molar refractivity (Wildman–Crippen MR) is 114 cm³/mol. The van der Waals surface area contributed by atoms with Crippen LogP contribution in [0.4, 0.5) is 17.6 Å². The molecule has 0 radical (unpaired) electrons. The second kappa shape index (κ2) is 8.76. The van der Waals surface area contributed by atoms with E-state index in [1.807, 2.05) is 30.3 Å². The van der Waals surface area contributed by atoms with Gasteiger partial charge in [0.2, 0.25) is 11.9 Å². The summed E-state index contributed by atoms with van der Waals surface area (Å²) in [7, 11) is 0. The van der Waals surface area contributed by atoms with Crippen LogP contribution in [0.1, 0.15) is 22.0 Å². The van der Waals surface area contributed by atoms with Gasteiger partial charge in [-0.1, -0.05) is 41.1 Å². The Morgan fingerprint density at radius 3 is 2.71 bits per heavy atom. The molecule has 0 saturated carbocycles. The first-order valence-corrected chi connectivity index (χ1v) is 9.55. The van der Waals surface area contributed by atoms with Gasteiger partial charge >= 0.3 is 5.97 Å². The van der Waals surface area contributed by atoms with Crippen LogP contribution >= 0.6 is 11.6 Å². The lowest BCUT2D eigenvalue weighted by atomic mass is 10.3. The standard InChI is InChI=1S/C20H17ClN8O2/c1-12-17(27-28-29(12)15-9-5-6-13(21)10-15)18(30)31-11-16-24-19(22)26-20(25-16)23-14-7-3-2-4-8-14/h2-10H,11H2,1H3,(H3,22,23,24,25,26). The highest BCUT2D eigenvalue weighted by molar-refractivity contribution is 6.30. The van der Waals surface area contributed by atoms with Crippen LogP contribution in [-0.2, 0) is 11.3 Å². The number of carbonyl (C=O) groups is 1. The Hall–Kier alpha value is -4.05. The SMILES string of the molecule is Cc1c(C(=O)OCc2nc(N)nc(Nc3ccccc3)n2)nnn1-c1cccc(Cl)c1. The lowest BCUT2D eigenvalue weighted by Crippen LogP contribution is -2.12. The number of nitrogens with two attached hydrogens (primary N) is 1. The zero-order valence-electron chi connectivity index (χ0n) is 16.4. The van der Waals surface area contributed by atoms with E-state index in [-0.39, 0.29) is 30.0 Å². The molecule has 4 aromatic rings. The number of rotatable bonds is 6. The van der Waals surface area contributed by atoms with Gasteiger partial charge < -0.3 is 15.8 Å². The summed E-state index contributed by atoms with van der Waals surface area (Å²) in [6.45, 7) is 1.50. The van der Waals surface area contributed by atoms with E-state index in [9.17, 15) is 4.79 Å². The third-order valence-corrected chi connectivity index (χ3v) is 4.44. The van der Waals surface area contributed by atoms with Crippen LogP contribution in [0.15, 0.2) is 54.6 Å². The van der Waals surface area contributed by atoms with Crippen LogP contribution in [0, 0.1) is 6.92 Å². The molecule has 0 aliphatic carbocycles. The molecule has 11 heteroatoms. The number of nitrogens with one attached hydrogen (secondary N) is 1. The smallest absolute Gasteiger partial charge is 0.361 e. The molecule has 31 heavy (non-hydrogen) atoms. The number of hydrogen-bond acceptors (Lipinski definition) is 9. The molecule has 3 N–H and O–H groups in total. The van der Waals surface area contributed by atoms with Gasteiger partial charge in [0.25, 0.3) is 0 Å². The molecule has 10 nitrogen and oxygen atoms in total. The van der Waals surface area contributed by atoms with Crippen molar-refractivity contribution in [2.24, 2.45) is 0 Å². The first-order valence-electron chi connectivity index (χ1n) is 9.17. The molecule has 0 unspecified atom stereocenters. The second-order valence-electron chi connectivity index (χ2n) is 6.42. The van der Waals surface area contributed by atoms with Gasteiger partial charge in [-0.25, -0.2) is 9.48 Å². The van der Waals surface area contributed by atoms with E-state index in [4.69, 9.17) is 22.1 Å². The van der Waals surface area contributed by atoms with E-state index in [1.165, 1.54) is 4.68 Å². The molecule has 0 spiro atoms. The van der Waals surface area contributed by atoms with E-state index >= 15 is 0 Å². The number of anilines is 3. The minimum absolute atomic E-state index is 0.00237. The Morgan fingerprint density at radius 2 is 1.94 bits per heavy atom. The summed E-state index contributed by atoms with van der Waals surface area (Å²) >= 11 is 6.02. The van der Waals surface area contributed by atoms with Crippen LogP contribution in [0.3, 0.4) is 0 Å². The predicted octanol–water partition coefficient (Wildman–Crippen LogP) is 3.10. The van der Waals surface area contributed by atoms with Crippen molar-refractivity contribution in [1.29, 1.82) is 0 Å². The number of para-hydroxylation sites is 1. The average molecular weight is 437 g/mol. The zero-order valence-corrected chi connectivity index (χ0v) is 17.1. The highest BCUT2D eigenvalue weighted by Crippen LogP contribution is 2.18. The molecule has 0 aliphatic rings. The second-order valence-corrected chi connectivity index (χ2v) is 6.85. The topological polar surface area (TPSA) is 134 Å². The Kier molecular flexibility index (Phi) is 5.72. The fraction of sp³-hybridized carbons (Fsp3) is 0.100. The molecule has 0 fully saturated rings. The maximum Gasteiger partial charge on any atom is 0.361 e. The highest BCUT2D eigenvalue weighted by Gasteiger charge is 2.19. The summed E-state index contributed by atoms with van der Waals surface area (Å²) in [5.74, 6) is -0.225. The fourth-order valence-corrected chi connectivity index (χ4v) is 2.96. The van der Waals surface area contributed by atoms with E-state index < -0.39 is 5.97 Å². The summed E-state index contributed by atoms with van der Waals surface area (Å²) in [5.41, 5.74) is 7.80. The van der Waals surface area contributed by atoms with Crippen molar-refractivity contribution in [3.05, 3.63) is 76.8 Å². The monoisotopic (exact) mass is 436 g/mol. The van der Waals surface area contributed by atoms with E-state index in [2.05, 4.69) is 30.6 Å². The van der Waals surface area contributed by atoms with E-state index in [1.54, 1.807) is 31.2 Å². The average Bonchev–Trinajstić information content (AvgIpc) is 3.14. The number of carbonyl (C=O) groups excluding carboxylic acids is 1. The normalized spacial score (nSPS) is 10.6. The van der Waals surface area contributed by atoms with Crippen LogP contribution in [0.5, 0.6) is 0 Å². The van der Waals surface area contributed by atoms with Crippen molar-refractivity contribution in [2.75, 3.05) is 11.1 Å². The van der Waals surface area contributed by atoms with Crippen LogP contribution in [-0.4, -0.2) is 35.9 Å². The Labute approximate surface area is 182 Å². The Balaban J connectivity index is 1.47. The number of ether oxygens (including phenoxy) is 1. The van der Waals surface area contributed by atoms with Crippen LogP contribution < -0.4 is 11.1 Å². The molecule has 0 aliphatic heterocycles. The largest absolute Gasteiger partial charge is 0.453 e. The quantitative estimate of drug-likeness (QED) is 0.437. The third-order valence-electron chi connectivity index (χ3n) is 4.20. The van der Waals surface area contributed by atoms with Crippen LogP contribution in [0.25, 0.3) is 5.69 Å². The van der Waals surface area contributed by atoms with Crippen molar-refractivity contribution < 1.29 is 9.53 Å². The molecule has 0 amide bonds. The number of nitrogen functional groups attached to an aromatic ring is 1. The molecule has 4 rings (SSSR count).